The number of hydrogen-bond acceptors (Lipinski definition) is 7. The molecule has 0 atom stereocenters. The van der Waals surface area contributed by atoms with Crippen LogP contribution in [0.25, 0.3) is 11.4 Å². The molecular weight excluding hydrogens is 350 g/mol. The smallest absolute Gasteiger partial charge is 0.230 e. The van der Waals surface area contributed by atoms with Crippen LogP contribution in [-0.4, -0.2) is 58.3 Å². The highest BCUT2D eigenvalue weighted by Gasteiger charge is 2.25. The average Bonchev–Trinajstić information content (AvgIpc) is 3.15. The van der Waals surface area contributed by atoms with Gasteiger partial charge in [0.2, 0.25) is 18.1 Å². The number of nitrogens with zero attached hydrogens (tertiary/aromatic N) is 3. The van der Waals surface area contributed by atoms with E-state index in [4.69, 9.17) is 9.93 Å². The van der Waals surface area contributed by atoms with Crippen molar-refractivity contribution < 1.29 is 9.32 Å². The van der Waals surface area contributed by atoms with Gasteiger partial charge in [0.1, 0.15) is 0 Å². The molecule has 4 rings (SSSR count). The molecule has 2 aliphatic heterocycles. The summed E-state index contributed by atoms with van der Waals surface area (Å²) in [6.07, 6.45) is 3.95. The number of carbonyl (C=O) groups is 1. The van der Waals surface area contributed by atoms with Gasteiger partial charge in [-0.25, -0.2) is 0 Å². The van der Waals surface area contributed by atoms with E-state index in [1.807, 2.05) is 30.0 Å². The Morgan fingerprint density at radius 2 is 2.12 bits per heavy atom. The molecular formula is C18H21N5O2S. The molecule has 7 nitrogen and oxygen atoms in total. The first kappa shape index (κ1) is 17.1. The van der Waals surface area contributed by atoms with Crippen molar-refractivity contribution in [2.75, 3.05) is 29.9 Å². The quantitative estimate of drug-likeness (QED) is 0.599. The minimum Gasteiger partial charge on any atom is -0.380 e. The van der Waals surface area contributed by atoms with Crippen LogP contribution in [-0.2, 0) is 4.79 Å². The first-order valence-corrected chi connectivity index (χ1v) is 9.94. The van der Waals surface area contributed by atoms with Gasteiger partial charge in [0.15, 0.2) is 0 Å². The second kappa shape index (κ2) is 7.49. The Morgan fingerprint density at radius 3 is 2.77 bits per heavy atom. The lowest BCUT2D eigenvalue weighted by atomic mass is 9.97. The van der Waals surface area contributed by atoms with Crippen LogP contribution in [0.2, 0.25) is 0 Å². The molecule has 0 saturated carbocycles. The SMILES string of the molecule is N=Cc1ccc(-c2noc(C3CCN(C=O)CC3)n2)cc1NC1CSC1. The fourth-order valence-electron chi connectivity index (χ4n) is 3.26. The Labute approximate surface area is 156 Å². The number of nitrogens with one attached hydrogen (secondary N) is 2. The van der Waals surface area contributed by atoms with E-state index in [0.717, 1.165) is 60.7 Å². The third-order valence-electron chi connectivity index (χ3n) is 4.93. The van der Waals surface area contributed by atoms with Gasteiger partial charge in [0, 0.05) is 59.6 Å². The van der Waals surface area contributed by atoms with Crippen molar-refractivity contribution in [3.8, 4) is 11.4 Å². The maximum atomic E-state index is 10.8. The molecule has 0 spiro atoms. The van der Waals surface area contributed by atoms with Crippen molar-refractivity contribution >= 4 is 30.1 Å². The van der Waals surface area contributed by atoms with E-state index >= 15 is 0 Å². The first-order chi connectivity index (χ1) is 12.8. The molecule has 1 amide bonds. The summed E-state index contributed by atoms with van der Waals surface area (Å²) in [7, 11) is 0. The monoisotopic (exact) mass is 371 g/mol. The van der Waals surface area contributed by atoms with Crippen LogP contribution in [0.1, 0.15) is 30.2 Å². The lowest BCUT2D eigenvalue weighted by Crippen LogP contribution is -2.33. The van der Waals surface area contributed by atoms with Crippen molar-refractivity contribution in [3.05, 3.63) is 29.7 Å². The summed E-state index contributed by atoms with van der Waals surface area (Å²) < 4.78 is 5.50. The molecule has 0 unspecified atom stereocenters. The topological polar surface area (TPSA) is 95.1 Å². The van der Waals surface area contributed by atoms with Gasteiger partial charge in [0.25, 0.3) is 0 Å². The minimum atomic E-state index is 0.206. The number of rotatable bonds is 6. The highest BCUT2D eigenvalue weighted by molar-refractivity contribution is 8.00. The molecule has 2 N–H and O–H groups in total. The van der Waals surface area contributed by atoms with Gasteiger partial charge in [0.05, 0.1) is 0 Å². The Hall–Kier alpha value is -2.35. The molecule has 1 aromatic heterocycles. The van der Waals surface area contributed by atoms with E-state index in [-0.39, 0.29) is 5.92 Å². The van der Waals surface area contributed by atoms with E-state index in [2.05, 4.69) is 15.5 Å². The zero-order valence-electron chi connectivity index (χ0n) is 14.4. The molecule has 2 aliphatic rings. The van der Waals surface area contributed by atoms with E-state index in [1.54, 1.807) is 4.90 Å². The Bertz CT molecular complexity index is 797. The molecule has 26 heavy (non-hydrogen) atoms. The second-order valence-corrected chi connectivity index (χ2v) is 7.77. The zero-order chi connectivity index (χ0) is 17.9. The number of carbonyl (C=O) groups excluding carboxylic acids is 1. The number of anilines is 1. The molecule has 8 heteroatoms. The van der Waals surface area contributed by atoms with Gasteiger partial charge < -0.3 is 20.1 Å². The lowest BCUT2D eigenvalue weighted by Gasteiger charge is -2.27. The van der Waals surface area contributed by atoms with Crippen LogP contribution >= 0.6 is 11.8 Å². The maximum Gasteiger partial charge on any atom is 0.230 e. The van der Waals surface area contributed by atoms with Crippen molar-refractivity contribution in [3.63, 3.8) is 0 Å². The maximum absolute atomic E-state index is 10.8. The van der Waals surface area contributed by atoms with Gasteiger partial charge in [-0.3, -0.25) is 4.79 Å². The van der Waals surface area contributed by atoms with Crippen molar-refractivity contribution in [2.45, 2.75) is 24.8 Å². The molecule has 0 radical (unpaired) electrons. The zero-order valence-corrected chi connectivity index (χ0v) is 15.2. The summed E-state index contributed by atoms with van der Waals surface area (Å²) in [6.45, 7) is 1.46. The van der Waals surface area contributed by atoms with Crippen LogP contribution in [0.3, 0.4) is 0 Å². The van der Waals surface area contributed by atoms with Gasteiger partial charge >= 0.3 is 0 Å². The summed E-state index contributed by atoms with van der Waals surface area (Å²) in [4.78, 5) is 17.2. The fourth-order valence-corrected chi connectivity index (χ4v) is 3.89. The van der Waals surface area contributed by atoms with Crippen LogP contribution in [0.15, 0.2) is 22.7 Å². The van der Waals surface area contributed by atoms with Gasteiger partial charge in [-0.15, -0.1) is 0 Å². The largest absolute Gasteiger partial charge is 0.380 e. The predicted octanol–water partition coefficient (Wildman–Crippen LogP) is 2.60. The van der Waals surface area contributed by atoms with Gasteiger partial charge in [-0.1, -0.05) is 17.3 Å². The molecule has 1 aromatic carbocycles. The molecule has 0 bridgehead atoms. The van der Waals surface area contributed by atoms with E-state index in [1.165, 1.54) is 6.21 Å². The number of hydrogen-bond donors (Lipinski definition) is 2. The normalized spacial score (nSPS) is 18.4. The summed E-state index contributed by atoms with van der Waals surface area (Å²) in [5, 5.41) is 15.2. The minimum absolute atomic E-state index is 0.206. The summed E-state index contributed by atoms with van der Waals surface area (Å²) in [6, 6.07) is 6.28. The Kier molecular flexibility index (Phi) is 4.92. The third kappa shape index (κ3) is 3.46. The predicted molar refractivity (Wildman–Crippen MR) is 102 cm³/mol. The van der Waals surface area contributed by atoms with Crippen molar-refractivity contribution in [2.24, 2.45) is 0 Å². The standard InChI is InChI=1S/C18H21N5O2S/c19-8-14-2-1-13(7-16(14)20-15-9-26-10-15)17-21-18(25-22-17)12-3-5-23(11-24)6-4-12/h1-2,7-8,11-12,15,19-20H,3-6,9-10H2. The number of thioether (sulfide) groups is 1. The third-order valence-corrected chi connectivity index (χ3v) is 6.21. The summed E-state index contributed by atoms with van der Waals surface area (Å²) in [5.41, 5.74) is 2.68. The van der Waals surface area contributed by atoms with Crippen LogP contribution in [0.5, 0.6) is 0 Å². The number of piperidine rings is 1. The molecule has 2 saturated heterocycles. The molecule has 0 aliphatic carbocycles. The Balaban J connectivity index is 1.52. The van der Waals surface area contributed by atoms with Crippen LogP contribution in [0, 0.1) is 5.41 Å². The van der Waals surface area contributed by atoms with Crippen molar-refractivity contribution in [1.29, 1.82) is 5.41 Å². The summed E-state index contributed by atoms with van der Waals surface area (Å²) in [5.74, 6) is 3.60. The van der Waals surface area contributed by atoms with E-state index < -0.39 is 0 Å². The van der Waals surface area contributed by atoms with Gasteiger partial charge in [-0.05, 0) is 18.9 Å². The van der Waals surface area contributed by atoms with E-state index in [0.29, 0.717) is 17.8 Å². The number of likely N-dealkylation sites (tertiary alicyclic amines) is 1. The highest BCUT2D eigenvalue weighted by Crippen LogP contribution is 2.30. The molecule has 136 valence electrons. The lowest BCUT2D eigenvalue weighted by molar-refractivity contribution is -0.119. The Morgan fingerprint density at radius 1 is 1.31 bits per heavy atom. The van der Waals surface area contributed by atoms with Crippen molar-refractivity contribution in [1.82, 2.24) is 15.0 Å². The fraction of sp³-hybridized carbons (Fsp3) is 0.444. The highest BCUT2D eigenvalue weighted by atomic mass is 32.2. The number of aromatic nitrogens is 2. The summed E-state index contributed by atoms with van der Waals surface area (Å²) >= 11 is 1.91. The molecule has 2 aromatic rings. The number of benzene rings is 1. The van der Waals surface area contributed by atoms with Gasteiger partial charge in [-0.2, -0.15) is 16.7 Å². The van der Waals surface area contributed by atoms with Crippen LogP contribution < -0.4 is 5.32 Å². The first-order valence-electron chi connectivity index (χ1n) is 8.79. The molecule has 3 heterocycles. The van der Waals surface area contributed by atoms with Crippen LogP contribution in [0.4, 0.5) is 5.69 Å². The second-order valence-electron chi connectivity index (χ2n) is 6.70. The average molecular weight is 371 g/mol. The molecule has 2 fully saturated rings. The van der Waals surface area contributed by atoms with E-state index in [9.17, 15) is 4.79 Å². The number of amides is 1.